The molecule has 10 nitrogen and oxygen atoms in total. The van der Waals surface area contributed by atoms with Gasteiger partial charge in [0.1, 0.15) is 19.1 Å². The van der Waals surface area contributed by atoms with Gasteiger partial charge in [-0.1, -0.05) is 49.9 Å². The molecule has 4 bridgehead atoms. The number of carbonyl (C=O) groups excluding carboxylic acids is 3. The van der Waals surface area contributed by atoms with Crippen molar-refractivity contribution in [1.82, 2.24) is 0 Å². The molecule has 0 radical (unpaired) electrons. The lowest BCUT2D eigenvalue weighted by molar-refractivity contribution is -0.946. The molecule has 0 unspecified atom stereocenters. The van der Waals surface area contributed by atoms with E-state index in [1.807, 2.05) is 57.7 Å². The number of hydrogen-bond acceptors (Lipinski definition) is 12. The van der Waals surface area contributed by atoms with E-state index >= 15 is 0 Å². The molecule has 2 saturated carbocycles. The van der Waals surface area contributed by atoms with Gasteiger partial charge in [-0.2, -0.15) is 13.2 Å². The van der Waals surface area contributed by atoms with Crippen LogP contribution in [0.25, 0.3) is 0 Å². The van der Waals surface area contributed by atoms with Crippen molar-refractivity contribution in [3.8, 4) is 0 Å². The first-order valence-corrected chi connectivity index (χ1v) is 28.6. The number of esters is 2. The molecule has 10 heterocycles. The molecule has 6 aliphatic heterocycles. The quantitative estimate of drug-likeness (QED) is 0.0996. The molecule has 8 fully saturated rings. The number of alkyl halides is 3. The molecule has 70 heavy (non-hydrogen) atoms. The zero-order valence-corrected chi connectivity index (χ0v) is 44.6. The first kappa shape index (κ1) is 55.1. The van der Waals surface area contributed by atoms with Crippen molar-refractivity contribution in [2.45, 2.75) is 132 Å². The average Bonchev–Trinajstić information content (AvgIpc) is 4.21. The van der Waals surface area contributed by atoms with Crippen molar-refractivity contribution in [1.29, 1.82) is 0 Å². The van der Waals surface area contributed by atoms with Crippen LogP contribution in [0.2, 0.25) is 0 Å². The largest absolute Gasteiger partial charge is 1.00 e. The van der Waals surface area contributed by atoms with E-state index in [2.05, 4.69) is 35.0 Å². The summed E-state index contributed by atoms with van der Waals surface area (Å²) < 4.78 is 46.1. The Morgan fingerprint density at radius 1 is 0.586 bits per heavy atom. The monoisotopic (exact) mass is 1110 g/mol. The molecule has 4 aromatic rings. The summed E-state index contributed by atoms with van der Waals surface area (Å²) in [6, 6.07) is 16.4. The molecule has 0 amide bonds. The number of piperidine rings is 6. The number of aryl methyl sites for hydroxylation is 2. The highest BCUT2D eigenvalue weighted by Crippen LogP contribution is 2.47. The minimum atomic E-state index is -5.19. The number of thiophene rings is 4. The molecule has 6 saturated heterocycles. The number of quaternary nitrogens is 2. The molecule has 8 aliphatic rings. The summed E-state index contributed by atoms with van der Waals surface area (Å²) in [6.45, 7) is 9.01. The summed E-state index contributed by atoms with van der Waals surface area (Å²) in [6.07, 6.45) is 11.9. The highest BCUT2D eigenvalue weighted by molar-refractivity contribution is 7.10. The summed E-state index contributed by atoms with van der Waals surface area (Å²) >= 11 is 6.65. The fraction of sp³-hybridized carbons (Fsp3) is 0.635. The van der Waals surface area contributed by atoms with Gasteiger partial charge in [-0.15, -0.1) is 45.3 Å². The molecule has 0 aromatic carbocycles. The zero-order chi connectivity index (χ0) is 48.7. The SMILES string of the molecule is O=C(O[C@H]1C[N+]2(CCCc3cccs3)CCC1CC2)[C@](O)(c1cccs1)C1CCCC1.O=C(O[C@H]1C[N+]2(CCCc3cccs3)CCC1CC2)[C@](O)(c1cccs1)C1CCCC1.O=C([O-])C(F)(F)F.[Br-]. The number of halogens is 4. The molecule has 18 heteroatoms. The number of carbonyl (C=O) groups is 3. The van der Waals surface area contributed by atoms with Gasteiger partial charge in [-0.25, -0.2) is 9.59 Å². The summed E-state index contributed by atoms with van der Waals surface area (Å²) in [5, 5.41) is 40.4. The van der Waals surface area contributed by atoms with E-state index in [9.17, 15) is 33.0 Å². The Bertz CT molecular complexity index is 2070. The fourth-order valence-corrected chi connectivity index (χ4v) is 15.8. The van der Waals surface area contributed by atoms with E-state index in [-0.39, 0.29) is 41.0 Å². The van der Waals surface area contributed by atoms with E-state index in [1.54, 1.807) is 0 Å². The Morgan fingerprint density at radius 2 is 0.929 bits per heavy atom. The summed E-state index contributed by atoms with van der Waals surface area (Å²) in [5.74, 6) is -2.92. The Morgan fingerprint density at radius 3 is 1.23 bits per heavy atom. The lowest BCUT2D eigenvalue weighted by Gasteiger charge is -2.52. The smallest absolute Gasteiger partial charge is 0.430 e. The first-order chi connectivity index (χ1) is 33.1. The summed E-state index contributed by atoms with van der Waals surface area (Å²) in [5.41, 5.74) is -2.94. The Balaban J connectivity index is 0.000000180. The van der Waals surface area contributed by atoms with Crippen molar-refractivity contribution in [2.75, 3.05) is 52.4 Å². The molecule has 4 aromatic heterocycles. The van der Waals surface area contributed by atoms with Gasteiger partial charge in [0.15, 0.2) is 23.4 Å². The van der Waals surface area contributed by atoms with Gasteiger partial charge >= 0.3 is 18.1 Å². The fourth-order valence-electron chi connectivity index (χ4n) is 12.5. The van der Waals surface area contributed by atoms with Gasteiger partial charge in [0, 0.05) is 81.7 Å². The van der Waals surface area contributed by atoms with Crippen molar-refractivity contribution in [3.05, 3.63) is 89.6 Å². The number of carboxylic acids is 1. The van der Waals surface area contributed by atoms with Crippen molar-refractivity contribution in [2.24, 2.45) is 23.7 Å². The summed E-state index contributed by atoms with van der Waals surface area (Å²) in [7, 11) is 0. The number of rotatable bonds is 16. The Labute approximate surface area is 436 Å². The first-order valence-electron chi connectivity index (χ1n) is 25.1. The predicted molar refractivity (Wildman–Crippen MR) is 261 cm³/mol. The molecular weight excluding hydrogens is 1050 g/mol. The number of hydrogen-bond donors (Lipinski definition) is 2. The third kappa shape index (κ3) is 12.8. The molecule has 2 N–H and O–H groups in total. The van der Waals surface area contributed by atoms with Crippen LogP contribution in [0.3, 0.4) is 0 Å². The van der Waals surface area contributed by atoms with E-state index in [0.717, 1.165) is 135 Å². The highest BCUT2D eigenvalue weighted by atomic mass is 79.9. The third-order valence-corrected chi connectivity index (χ3v) is 20.3. The number of ether oxygens (including phenoxy) is 2. The maximum absolute atomic E-state index is 13.5. The van der Waals surface area contributed by atoms with Crippen molar-refractivity contribution < 1.29 is 78.3 Å². The van der Waals surface area contributed by atoms with Crippen LogP contribution in [-0.2, 0) is 47.9 Å². The van der Waals surface area contributed by atoms with Crippen LogP contribution >= 0.6 is 45.3 Å². The second-order valence-electron chi connectivity index (χ2n) is 20.6. The molecule has 4 atom stereocenters. The van der Waals surface area contributed by atoms with Gasteiger partial charge in [0.25, 0.3) is 0 Å². The maximum Gasteiger partial charge on any atom is 0.430 e. The van der Waals surface area contributed by atoms with Crippen LogP contribution in [-0.4, -0.2) is 108 Å². The lowest BCUT2D eigenvalue weighted by Crippen LogP contribution is -3.00. The number of fused-ring (bicyclic) bond motifs is 6. The minimum Gasteiger partial charge on any atom is -1.00 e. The van der Waals surface area contributed by atoms with Gasteiger partial charge in [0.05, 0.1) is 39.3 Å². The average molecular weight is 1110 g/mol. The van der Waals surface area contributed by atoms with Crippen LogP contribution in [0.4, 0.5) is 13.2 Å². The highest BCUT2D eigenvalue weighted by Gasteiger charge is 2.55. The molecule has 12 rings (SSSR count). The van der Waals surface area contributed by atoms with Gasteiger partial charge < -0.3 is 55.5 Å². The second-order valence-corrected chi connectivity index (χ2v) is 24.5. The van der Waals surface area contributed by atoms with E-state index in [1.165, 1.54) is 71.4 Å². The third-order valence-electron chi connectivity index (χ3n) is 16.4. The van der Waals surface area contributed by atoms with Gasteiger partial charge in [-0.3, -0.25) is 0 Å². The minimum absolute atomic E-state index is 0. The van der Waals surface area contributed by atoms with Crippen LogP contribution in [0, 0.1) is 23.7 Å². The van der Waals surface area contributed by atoms with Gasteiger partial charge in [-0.05, 0) is 84.3 Å². The molecule has 2 aliphatic carbocycles. The standard InChI is InChI=1S/2C25H34NO3S2.C2HF3O2.BrH/c2*27-24(25(28,20-6-1-2-7-20)23-10-5-17-31-23)29-22-18-26(14-11-19(22)12-15-26)13-3-8-21-9-4-16-30-21;3-2(4,5)1(6)7;/h2*4-5,9-10,16-17,19-20,22,28H,1-3,6-8,11-15,18H2;(H,6,7);1H/q2*+1;;/p-2/t2*19?,22-,25+,26?;;/m00../s1. The van der Waals surface area contributed by atoms with Gasteiger partial charge in [0.2, 0.25) is 0 Å². The Kier molecular flexibility index (Phi) is 19.0. The predicted octanol–water partition coefficient (Wildman–Crippen LogP) is 6.25. The van der Waals surface area contributed by atoms with Crippen LogP contribution < -0.4 is 22.1 Å². The van der Waals surface area contributed by atoms with Crippen molar-refractivity contribution in [3.63, 3.8) is 0 Å². The van der Waals surface area contributed by atoms with E-state index in [4.69, 9.17) is 19.4 Å². The van der Waals surface area contributed by atoms with Crippen LogP contribution in [0.15, 0.2) is 70.1 Å². The lowest BCUT2D eigenvalue weighted by atomic mass is 9.82. The normalized spacial score (nSPS) is 28.0. The number of aliphatic carboxylic acids is 1. The molecular formula is C52H68BrF3N2O8S4. The number of carboxylic acid groups (broad SMARTS) is 1. The van der Waals surface area contributed by atoms with E-state index < -0.39 is 35.3 Å². The Hall–Kier alpha value is -2.68. The molecule has 0 spiro atoms. The number of nitrogens with zero attached hydrogens (tertiary/aromatic N) is 2. The topological polar surface area (TPSA) is 133 Å². The maximum atomic E-state index is 13.5. The second kappa shape index (κ2) is 24.1. The van der Waals surface area contributed by atoms with Crippen LogP contribution in [0.5, 0.6) is 0 Å². The van der Waals surface area contributed by atoms with Crippen LogP contribution in [0.1, 0.15) is 109 Å². The van der Waals surface area contributed by atoms with E-state index in [0.29, 0.717) is 11.8 Å². The summed E-state index contributed by atoms with van der Waals surface area (Å²) in [4.78, 5) is 40.2. The number of aliphatic hydroxyl groups is 2. The molecule has 386 valence electrons. The zero-order valence-electron chi connectivity index (χ0n) is 39.7. The van der Waals surface area contributed by atoms with Crippen molar-refractivity contribution >= 4 is 63.3 Å².